The van der Waals surface area contributed by atoms with E-state index in [1.165, 1.54) is 0 Å². The number of carboxylic acids is 6. The van der Waals surface area contributed by atoms with Crippen molar-refractivity contribution in [3.63, 3.8) is 0 Å². The quantitative estimate of drug-likeness (QED) is 0.0525. The highest BCUT2D eigenvalue weighted by Crippen LogP contribution is 2.31. The number of hydrogen-bond donors (Lipinski definition) is 9. The smallest absolute Gasteiger partial charge is 0.326 e. The molecule has 2 rings (SSSR count). The van der Waals surface area contributed by atoms with Crippen LogP contribution in [0.1, 0.15) is 70.6 Å². The molecule has 3 amide bonds. The zero-order chi connectivity index (χ0) is 43.9. The maximum atomic E-state index is 13.2. The van der Waals surface area contributed by atoms with Gasteiger partial charge in [-0.2, -0.15) is 0 Å². The standard InChI is InChI=1S/C37H61N7O15/c45-27(21-41-13-15-42(22-31(48)49)17-19-44(24-33(52)53)20-18-43(16-14-41)23-32(50)51)9-6-25-4-7-26(8-5-25)34(54)38-12-2-1-3-28(35(55)56)39-37(59)40-29(36(57)58)10-11-30(46)47/h25-26,28-29H,1-24H2,(H,38,54)(H,46,47)(H,48,49)(H,50,51)(H,52,53)(H,55,56)(H,57,58)(H2,39,40,59). The van der Waals surface area contributed by atoms with Crippen LogP contribution in [-0.2, 0) is 38.4 Å². The second-order valence-electron chi connectivity index (χ2n) is 15.2. The average molecular weight is 844 g/mol. The zero-order valence-electron chi connectivity index (χ0n) is 33.4. The molecular formula is C37H61N7O15. The van der Waals surface area contributed by atoms with E-state index in [0.29, 0.717) is 64.7 Å². The van der Waals surface area contributed by atoms with Crippen LogP contribution in [0.2, 0.25) is 0 Å². The zero-order valence-corrected chi connectivity index (χ0v) is 33.4. The van der Waals surface area contributed by atoms with E-state index in [1.807, 2.05) is 4.90 Å². The summed E-state index contributed by atoms with van der Waals surface area (Å²) in [4.78, 5) is 113. The summed E-state index contributed by atoms with van der Waals surface area (Å²) in [6, 6.07) is -3.90. The lowest BCUT2D eigenvalue weighted by molar-refractivity contribution is -0.141. The van der Waals surface area contributed by atoms with Crippen molar-refractivity contribution in [2.75, 3.05) is 85.1 Å². The molecule has 9 N–H and O–H groups in total. The minimum atomic E-state index is -1.51. The molecule has 0 aromatic heterocycles. The number of amides is 3. The third kappa shape index (κ3) is 22.1. The maximum Gasteiger partial charge on any atom is 0.326 e. The van der Waals surface area contributed by atoms with Gasteiger partial charge in [0.2, 0.25) is 5.91 Å². The fourth-order valence-electron chi connectivity index (χ4n) is 7.16. The van der Waals surface area contributed by atoms with E-state index in [9.17, 15) is 68.7 Å². The van der Waals surface area contributed by atoms with Gasteiger partial charge < -0.3 is 46.6 Å². The number of ketones is 1. The highest BCUT2D eigenvalue weighted by Gasteiger charge is 2.28. The summed E-state index contributed by atoms with van der Waals surface area (Å²) in [6.45, 7) is 2.12. The highest BCUT2D eigenvalue weighted by molar-refractivity contribution is 5.86. The second-order valence-corrected chi connectivity index (χ2v) is 15.2. The molecule has 22 heteroatoms. The predicted molar refractivity (Wildman–Crippen MR) is 207 cm³/mol. The van der Waals surface area contributed by atoms with E-state index in [1.54, 1.807) is 14.7 Å². The molecule has 334 valence electrons. The Morgan fingerprint density at radius 3 is 1.34 bits per heavy atom. The van der Waals surface area contributed by atoms with E-state index in [0.717, 1.165) is 12.8 Å². The minimum Gasteiger partial charge on any atom is -0.481 e. The molecule has 2 fully saturated rings. The largest absolute Gasteiger partial charge is 0.481 e. The maximum absolute atomic E-state index is 13.2. The molecule has 1 saturated carbocycles. The van der Waals surface area contributed by atoms with Gasteiger partial charge in [0.25, 0.3) is 0 Å². The van der Waals surface area contributed by atoms with Gasteiger partial charge in [0.15, 0.2) is 0 Å². The molecule has 2 atom stereocenters. The summed E-state index contributed by atoms with van der Waals surface area (Å²) in [7, 11) is 0. The Morgan fingerprint density at radius 1 is 0.508 bits per heavy atom. The van der Waals surface area contributed by atoms with Gasteiger partial charge >= 0.3 is 41.8 Å². The van der Waals surface area contributed by atoms with Crippen LogP contribution in [0.15, 0.2) is 0 Å². The van der Waals surface area contributed by atoms with Gasteiger partial charge in [0.1, 0.15) is 17.9 Å². The van der Waals surface area contributed by atoms with Crippen LogP contribution in [0.5, 0.6) is 0 Å². The number of carbonyl (C=O) groups excluding carboxylic acids is 3. The Morgan fingerprint density at radius 2 is 0.932 bits per heavy atom. The Hall–Kier alpha value is -4.93. The third-order valence-corrected chi connectivity index (χ3v) is 10.5. The molecular weight excluding hydrogens is 782 g/mol. The number of carboxylic acid groups (broad SMARTS) is 6. The molecule has 0 bridgehead atoms. The normalized spacial score (nSPS) is 20.1. The summed E-state index contributed by atoms with van der Waals surface area (Å²) < 4.78 is 0. The molecule has 0 aromatic rings. The molecule has 2 unspecified atom stereocenters. The monoisotopic (exact) mass is 843 g/mol. The fourth-order valence-corrected chi connectivity index (χ4v) is 7.16. The van der Waals surface area contributed by atoms with Gasteiger partial charge in [-0.15, -0.1) is 0 Å². The van der Waals surface area contributed by atoms with Crippen molar-refractivity contribution in [3.05, 3.63) is 0 Å². The van der Waals surface area contributed by atoms with E-state index < -0.39 is 60.4 Å². The number of rotatable bonds is 24. The molecule has 59 heavy (non-hydrogen) atoms. The lowest BCUT2D eigenvalue weighted by Gasteiger charge is -2.33. The van der Waals surface area contributed by atoms with Gasteiger partial charge in [-0.05, 0) is 63.7 Å². The van der Waals surface area contributed by atoms with Crippen molar-refractivity contribution in [1.82, 2.24) is 35.6 Å². The first kappa shape index (κ1) is 50.2. The lowest BCUT2D eigenvalue weighted by Crippen LogP contribution is -2.51. The third-order valence-electron chi connectivity index (χ3n) is 10.5. The Kier molecular flexibility index (Phi) is 22.9. The van der Waals surface area contributed by atoms with E-state index in [-0.39, 0.29) is 95.3 Å². The van der Waals surface area contributed by atoms with Crippen molar-refractivity contribution in [2.24, 2.45) is 11.8 Å². The molecule has 0 spiro atoms. The summed E-state index contributed by atoms with van der Waals surface area (Å²) >= 11 is 0. The summed E-state index contributed by atoms with van der Waals surface area (Å²) in [6.07, 6.45) is 3.64. The molecule has 1 saturated heterocycles. The molecule has 1 aliphatic heterocycles. The first-order valence-corrected chi connectivity index (χ1v) is 20.0. The average Bonchev–Trinajstić information content (AvgIpc) is 3.15. The van der Waals surface area contributed by atoms with E-state index >= 15 is 0 Å². The number of nitrogens with one attached hydrogen (secondary N) is 3. The van der Waals surface area contributed by atoms with Crippen LogP contribution in [0.4, 0.5) is 4.79 Å². The first-order chi connectivity index (χ1) is 27.9. The van der Waals surface area contributed by atoms with Gasteiger partial charge in [-0.25, -0.2) is 14.4 Å². The van der Waals surface area contributed by atoms with Crippen molar-refractivity contribution < 1.29 is 73.8 Å². The van der Waals surface area contributed by atoms with Crippen LogP contribution >= 0.6 is 0 Å². The Labute approximate surface area is 342 Å². The van der Waals surface area contributed by atoms with Crippen molar-refractivity contribution >= 4 is 53.5 Å². The van der Waals surface area contributed by atoms with Gasteiger partial charge in [0, 0.05) is 77.7 Å². The van der Waals surface area contributed by atoms with Gasteiger partial charge in [0.05, 0.1) is 26.2 Å². The second kappa shape index (κ2) is 26.9. The van der Waals surface area contributed by atoms with E-state index in [2.05, 4.69) is 16.0 Å². The van der Waals surface area contributed by atoms with Crippen LogP contribution in [-0.4, -0.2) is 201 Å². The lowest BCUT2D eigenvalue weighted by atomic mass is 9.79. The van der Waals surface area contributed by atoms with E-state index in [4.69, 9.17) is 5.11 Å². The van der Waals surface area contributed by atoms with Crippen molar-refractivity contribution in [2.45, 2.75) is 82.7 Å². The first-order valence-electron chi connectivity index (χ1n) is 20.0. The van der Waals surface area contributed by atoms with Crippen molar-refractivity contribution in [1.29, 1.82) is 0 Å². The van der Waals surface area contributed by atoms with Crippen LogP contribution in [0.3, 0.4) is 0 Å². The summed E-state index contributed by atoms with van der Waals surface area (Å²) in [5, 5.41) is 62.8. The molecule has 0 aromatic carbocycles. The Bertz CT molecular complexity index is 1410. The summed E-state index contributed by atoms with van der Waals surface area (Å²) in [5.41, 5.74) is 0. The highest BCUT2D eigenvalue weighted by atomic mass is 16.4. The van der Waals surface area contributed by atoms with Crippen LogP contribution < -0.4 is 16.0 Å². The van der Waals surface area contributed by atoms with Gasteiger partial charge in [-0.3, -0.25) is 48.4 Å². The SMILES string of the molecule is O=C(O)CCC(NC(=O)NC(CCCCNC(=O)C1CCC(CCC(=O)CN2CCN(CC(=O)O)CCN(CC(=O)O)CCN(CC(=O)O)CC2)CC1)C(=O)O)C(=O)O. The molecule has 1 aliphatic carbocycles. The number of aliphatic carboxylic acids is 6. The number of urea groups is 1. The molecule has 22 nitrogen and oxygen atoms in total. The van der Waals surface area contributed by atoms with Crippen LogP contribution in [0.25, 0.3) is 0 Å². The fraction of sp³-hybridized carbons (Fsp3) is 0.757. The number of carbonyl (C=O) groups is 9. The Balaban J connectivity index is 1.78. The number of Topliss-reactive ketones (excluding diaryl/α,β-unsaturated/α-hetero) is 1. The topological polar surface area (TPSA) is 324 Å². The summed E-state index contributed by atoms with van der Waals surface area (Å²) in [5.74, 6) is -7.21. The number of unbranched alkanes of at least 4 members (excludes halogenated alkanes) is 1. The minimum absolute atomic E-state index is 0.000300. The molecule has 1 heterocycles. The molecule has 2 aliphatic rings. The predicted octanol–water partition coefficient (Wildman–Crippen LogP) is -1.03. The molecule has 0 radical (unpaired) electrons. The number of hydrogen-bond acceptors (Lipinski definition) is 13. The van der Waals surface area contributed by atoms with Crippen molar-refractivity contribution in [3.8, 4) is 0 Å². The van der Waals surface area contributed by atoms with Gasteiger partial charge in [-0.1, -0.05) is 0 Å². The van der Waals surface area contributed by atoms with Crippen LogP contribution in [0, 0.1) is 11.8 Å². The number of nitrogens with zero attached hydrogens (tertiary/aromatic N) is 4.